The van der Waals surface area contributed by atoms with Crippen LogP contribution in [0, 0.1) is 5.92 Å². The standard InChI is InChI=1S/C11H24N2O/c1-2-11-3-6-13(7-4-11)8-10-14-9-5-12/h11H,2-10,12H2,1H3. The lowest BCUT2D eigenvalue weighted by Gasteiger charge is -2.31. The molecule has 0 saturated carbocycles. The third-order valence-corrected chi connectivity index (χ3v) is 3.10. The van der Waals surface area contributed by atoms with E-state index >= 15 is 0 Å². The first-order chi connectivity index (χ1) is 6.86. The maximum atomic E-state index is 5.37. The Bertz CT molecular complexity index is 133. The van der Waals surface area contributed by atoms with Crippen molar-refractivity contribution in [2.45, 2.75) is 26.2 Å². The van der Waals surface area contributed by atoms with E-state index < -0.39 is 0 Å². The summed E-state index contributed by atoms with van der Waals surface area (Å²) in [5, 5.41) is 0. The highest BCUT2D eigenvalue weighted by Gasteiger charge is 2.16. The van der Waals surface area contributed by atoms with Gasteiger partial charge < -0.3 is 15.4 Å². The van der Waals surface area contributed by atoms with Gasteiger partial charge in [-0.1, -0.05) is 13.3 Å². The molecule has 0 bridgehead atoms. The van der Waals surface area contributed by atoms with Crippen molar-refractivity contribution in [2.75, 3.05) is 39.4 Å². The zero-order chi connectivity index (χ0) is 10.2. The molecule has 0 atom stereocenters. The first-order valence-electron chi connectivity index (χ1n) is 5.87. The molecule has 84 valence electrons. The van der Waals surface area contributed by atoms with Crippen molar-refractivity contribution in [1.29, 1.82) is 0 Å². The third kappa shape index (κ3) is 4.40. The lowest BCUT2D eigenvalue weighted by Crippen LogP contribution is -2.36. The van der Waals surface area contributed by atoms with Gasteiger partial charge in [0.1, 0.15) is 0 Å². The number of piperidine rings is 1. The average molecular weight is 200 g/mol. The van der Waals surface area contributed by atoms with E-state index in [1.807, 2.05) is 0 Å². The smallest absolute Gasteiger partial charge is 0.0594 e. The van der Waals surface area contributed by atoms with Gasteiger partial charge in [-0.2, -0.15) is 0 Å². The second-order valence-electron chi connectivity index (χ2n) is 4.09. The fourth-order valence-corrected chi connectivity index (χ4v) is 2.00. The predicted octanol–water partition coefficient (Wildman–Crippen LogP) is 1.08. The molecule has 14 heavy (non-hydrogen) atoms. The molecule has 0 aromatic heterocycles. The normalized spacial score (nSPS) is 20.1. The van der Waals surface area contributed by atoms with Crippen molar-refractivity contribution < 1.29 is 4.74 Å². The predicted molar refractivity (Wildman–Crippen MR) is 59.3 cm³/mol. The van der Waals surface area contributed by atoms with Crippen molar-refractivity contribution in [3.8, 4) is 0 Å². The molecule has 0 unspecified atom stereocenters. The lowest BCUT2D eigenvalue weighted by molar-refractivity contribution is 0.0922. The van der Waals surface area contributed by atoms with Crippen molar-refractivity contribution in [3.63, 3.8) is 0 Å². The van der Waals surface area contributed by atoms with Crippen LogP contribution in [0.25, 0.3) is 0 Å². The van der Waals surface area contributed by atoms with E-state index in [2.05, 4.69) is 11.8 Å². The molecule has 0 radical (unpaired) electrons. The first-order valence-corrected chi connectivity index (χ1v) is 5.87. The molecular formula is C11H24N2O. The molecule has 1 rings (SSSR count). The molecule has 1 aliphatic rings. The van der Waals surface area contributed by atoms with Crippen LogP contribution in [0.15, 0.2) is 0 Å². The molecule has 3 nitrogen and oxygen atoms in total. The molecule has 0 spiro atoms. The van der Waals surface area contributed by atoms with Gasteiger partial charge in [0.15, 0.2) is 0 Å². The van der Waals surface area contributed by atoms with E-state index in [-0.39, 0.29) is 0 Å². The highest BCUT2D eigenvalue weighted by molar-refractivity contribution is 4.70. The Hall–Kier alpha value is -0.120. The van der Waals surface area contributed by atoms with Crippen molar-refractivity contribution in [3.05, 3.63) is 0 Å². The van der Waals surface area contributed by atoms with E-state index in [0.29, 0.717) is 13.2 Å². The molecule has 1 saturated heterocycles. The van der Waals surface area contributed by atoms with Crippen LogP contribution in [-0.2, 0) is 4.74 Å². The Morgan fingerprint density at radius 2 is 2.00 bits per heavy atom. The number of nitrogens with zero attached hydrogens (tertiary/aromatic N) is 1. The maximum Gasteiger partial charge on any atom is 0.0594 e. The number of hydrogen-bond donors (Lipinski definition) is 1. The summed E-state index contributed by atoms with van der Waals surface area (Å²) >= 11 is 0. The number of likely N-dealkylation sites (tertiary alicyclic amines) is 1. The van der Waals surface area contributed by atoms with Crippen LogP contribution in [-0.4, -0.2) is 44.3 Å². The van der Waals surface area contributed by atoms with E-state index in [0.717, 1.165) is 19.1 Å². The number of nitrogens with two attached hydrogens (primary N) is 1. The fraction of sp³-hybridized carbons (Fsp3) is 1.00. The quantitative estimate of drug-likeness (QED) is 0.652. The van der Waals surface area contributed by atoms with E-state index in [1.165, 1.54) is 32.4 Å². The van der Waals surface area contributed by atoms with Gasteiger partial charge in [0.2, 0.25) is 0 Å². The van der Waals surface area contributed by atoms with Crippen LogP contribution in [0.5, 0.6) is 0 Å². The highest BCUT2D eigenvalue weighted by Crippen LogP contribution is 2.19. The Balaban J connectivity index is 1.98. The van der Waals surface area contributed by atoms with Gasteiger partial charge in [0.05, 0.1) is 13.2 Å². The van der Waals surface area contributed by atoms with E-state index in [1.54, 1.807) is 0 Å². The van der Waals surface area contributed by atoms with Gasteiger partial charge in [0, 0.05) is 13.1 Å². The molecule has 0 aromatic rings. The SMILES string of the molecule is CCC1CCN(CCOCCN)CC1. The van der Waals surface area contributed by atoms with Gasteiger partial charge in [-0.3, -0.25) is 0 Å². The number of ether oxygens (including phenoxy) is 1. The molecule has 2 N–H and O–H groups in total. The molecule has 1 aliphatic heterocycles. The van der Waals surface area contributed by atoms with E-state index in [4.69, 9.17) is 10.5 Å². The summed E-state index contributed by atoms with van der Waals surface area (Å²) in [5.74, 6) is 0.969. The summed E-state index contributed by atoms with van der Waals surface area (Å²) in [6.45, 7) is 8.06. The maximum absolute atomic E-state index is 5.37. The summed E-state index contributed by atoms with van der Waals surface area (Å²) in [6, 6.07) is 0. The molecule has 3 heteroatoms. The summed E-state index contributed by atoms with van der Waals surface area (Å²) in [5.41, 5.74) is 5.35. The van der Waals surface area contributed by atoms with Gasteiger partial charge in [0.25, 0.3) is 0 Å². The Morgan fingerprint density at radius 1 is 1.29 bits per heavy atom. The summed E-state index contributed by atoms with van der Waals surface area (Å²) < 4.78 is 5.37. The van der Waals surface area contributed by atoms with Crippen LogP contribution in [0.4, 0.5) is 0 Å². The average Bonchev–Trinajstić information content (AvgIpc) is 2.25. The summed E-state index contributed by atoms with van der Waals surface area (Å²) in [6.07, 6.45) is 4.08. The first kappa shape index (κ1) is 12.0. The van der Waals surface area contributed by atoms with Crippen LogP contribution >= 0.6 is 0 Å². The number of hydrogen-bond acceptors (Lipinski definition) is 3. The molecule has 0 amide bonds. The third-order valence-electron chi connectivity index (χ3n) is 3.10. The number of rotatable bonds is 6. The molecule has 0 aromatic carbocycles. The summed E-state index contributed by atoms with van der Waals surface area (Å²) in [7, 11) is 0. The minimum atomic E-state index is 0.637. The minimum absolute atomic E-state index is 0.637. The van der Waals surface area contributed by atoms with Crippen LogP contribution < -0.4 is 5.73 Å². The Kier molecular flexibility index (Phi) is 6.15. The second-order valence-corrected chi connectivity index (χ2v) is 4.09. The topological polar surface area (TPSA) is 38.5 Å². The second kappa shape index (κ2) is 7.21. The molecule has 1 fully saturated rings. The van der Waals surface area contributed by atoms with Gasteiger partial charge in [-0.05, 0) is 31.8 Å². The largest absolute Gasteiger partial charge is 0.379 e. The van der Waals surface area contributed by atoms with Crippen molar-refractivity contribution in [2.24, 2.45) is 11.7 Å². The Labute approximate surface area is 87.6 Å². The van der Waals surface area contributed by atoms with Gasteiger partial charge in [-0.15, -0.1) is 0 Å². The Morgan fingerprint density at radius 3 is 2.57 bits per heavy atom. The van der Waals surface area contributed by atoms with Gasteiger partial charge in [-0.25, -0.2) is 0 Å². The zero-order valence-corrected chi connectivity index (χ0v) is 9.37. The van der Waals surface area contributed by atoms with Crippen molar-refractivity contribution >= 4 is 0 Å². The highest BCUT2D eigenvalue weighted by atomic mass is 16.5. The summed E-state index contributed by atoms with van der Waals surface area (Å²) in [4.78, 5) is 2.50. The monoisotopic (exact) mass is 200 g/mol. The molecule has 1 heterocycles. The van der Waals surface area contributed by atoms with Crippen LogP contribution in [0.3, 0.4) is 0 Å². The van der Waals surface area contributed by atoms with Crippen LogP contribution in [0.1, 0.15) is 26.2 Å². The lowest BCUT2D eigenvalue weighted by atomic mass is 9.94. The van der Waals surface area contributed by atoms with Crippen LogP contribution in [0.2, 0.25) is 0 Å². The molecule has 0 aliphatic carbocycles. The van der Waals surface area contributed by atoms with Gasteiger partial charge >= 0.3 is 0 Å². The zero-order valence-electron chi connectivity index (χ0n) is 9.37. The van der Waals surface area contributed by atoms with Crippen molar-refractivity contribution in [1.82, 2.24) is 4.90 Å². The fourth-order valence-electron chi connectivity index (χ4n) is 2.00. The minimum Gasteiger partial charge on any atom is -0.379 e. The van der Waals surface area contributed by atoms with E-state index in [9.17, 15) is 0 Å². The molecular weight excluding hydrogens is 176 g/mol.